The lowest BCUT2D eigenvalue weighted by Gasteiger charge is -2.07. The van der Waals surface area contributed by atoms with E-state index >= 15 is 0 Å². The van der Waals surface area contributed by atoms with Crippen LogP contribution < -0.4 is 5.32 Å². The van der Waals surface area contributed by atoms with Gasteiger partial charge in [-0.25, -0.2) is 9.78 Å². The Balaban J connectivity index is 2.05. The minimum absolute atomic E-state index is 0.0848. The SMILES string of the molecule is O=C(Cn1ccnc1)Nc1ccc(C(=O)O)c(O)c1. The molecule has 19 heavy (non-hydrogen) atoms. The molecule has 0 atom stereocenters. The molecular formula is C12H11N3O4. The molecule has 3 N–H and O–H groups in total. The highest BCUT2D eigenvalue weighted by Gasteiger charge is 2.11. The van der Waals surface area contributed by atoms with Crippen molar-refractivity contribution < 1.29 is 19.8 Å². The zero-order valence-electron chi connectivity index (χ0n) is 9.78. The largest absolute Gasteiger partial charge is 0.507 e. The Kier molecular flexibility index (Phi) is 3.46. The Bertz CT molecular complexity index is 607. The average Bonchev–Trinajstić information content (AvgIpc) is 2.81. The van der Waals surface area contributed by atoms with Gasteiger partial charge in [0.2, 0.25) is 5.91 Å². The first kappa shape index (κ1) is 12.6. The summed E-state index contributed by atoms with van der Waals surface area (Å²) < 4.78 is 1.58. The number of aromatic nitrogens is 2. The number of hydrogen-bond acceptors (Lipinski definition) is 4. The number of nitrogens with one attached hydrogen (secondary N) is 1. The summed E-state index contributed by atoms with van der Waals surface area (Å²) in [6, 6.07) is 3.83. The number of carbonyl (C=O) groups is 2. The second kappa shape index (κ2) is 5.21. The standard InChI is InChI=1S/C12H11N3O4/c16-10-5-8(1-2-9(10)12(18)19)14-11(17)6-15-4-3-13-7-15/h1-5,7,16H,6H2,(H,14,17)(H,18,19). The summed E-state index contributed by atoms with van der Waals surface area (Å²) in [5.74, 6) is -1.93. The Morgan fingerprint density at radius 2 is 2.16 bits per heavy atom. The summed E-state index contributed by atoms with van der Waals surface area (Å²) in [5, 5.41) is 20.8. The second-order valence-corrected chi connectivity index (χ2v) is 3.82. The van der Waals surface area contributed by atoms with Gasteiger partial charge in [-0.3, -0.25) is 4.79 Å². The van der Waals surface area contributed by atoms with Crippen LogP contribution in [0, 0.1) is 0 Å². The second-order valence-electron chi connectivity index (χ2n) is 3.82. The molecule has 0 saturated carbocycles. The van der Waals surface area contributed by atoms with Gasteiger partial charge < -0.3 is 20.1 Å². The number of carbonyl (C=O) groups excluding carboxylic acids is 1. The Morgan fingerprint density at radius 1 is 1.37 bits per heavy atom. The van der Waals surface area contributed by atoms with Gasteiger partial charge in [0, 0.05) is 24.1 Å². The monoisotopic (exact) mass is 261 g/mol. The van der Waals surface area contributed by atoms with E-state index in [0.29, 0.717) is 5.69 Å². The predicted octanol–water partition coefficient (Wildman–Crippen LogP) is 0.926. The molecule has 1 amide bonds. The molecule has 0 aliphatic heterocycles. The number of benzene rings is 1. The fourth-order valence-corrected chi connectivity index (χ4v) is 1.54. The maximum atomic E-state index is 11.7. The van der Waals surface area contributed by atoms with E-state index in [4.69, 9.17) is 5.11 Å². The number of anilines is 1. The van der Waals surface area contributed by atoms with Crippen molar-refractivity contribution in [3.63, 3.8) is 0 Å². The number of amides is 1. The van der Waals surface area contributed by atoms with Crippen molar-refractivity contribution in [2.24, 2.45) is 0 Å². The minimum atomic E-state index is -1.23. The highest BCUT2D eigenvalue weighted by atomic mass is 16.4. The number of hydrogen-bond donors (Lipinski definition) is 3. The molecule has 0 aliphatic rings. The summed E-state index contributed by atoms with van der Waals surface area (Å²) in [7, 11) is 0. The van der Waals surface area contributed by atoms with E-state index < -0.39 is 11.7 Å². The summed E-state index contributed by atoms with van der Waals surface area (Å²) in [4.78, 5) is 26.2. The molecule has 0 radical (unpaired) electrons. The van der Waals surface area contributed by atoms with E-state index in [1.54, 1.807) is 17.0 Å². The summed E-state index contributed by atoms with van der Waals surface area (Å²) >= 11 is 0. The van der Waals surface area contributed by atoms with Crippen LogP contribution in [0.5, 0.6) is 5.75 Å². The predicted molar refractivity (Wildman–Crippen MR) is 65.9 cm³/mol. The van der Waals surface area contributed by atoms with Crippen LogP contribution in [0.2, 0.25) is 0 Å². The number of phenols is 1. The molecule has 0 spiro atoms. The van der Waals surface area contributed by atoms with Crippen LogP contribution >= 0.6 is 0 Å². The number of carboxylic acid groups (broad SMARTS) is 1. The molecule has 7 heteroatoms. The van der Waals surface area contributed by atoms with Gasteiger partial charge in [0.25, 0.3) is 0 Å². The highest BCUT2D eigenvalue weighted by molar-refractivity contribution is 5.94. The van der Waals surface area contributed by atoms with Crippen molar-refractivity contribution in [2.45, 2.75) is 6.54 Å². The van der Waals surface area contributed by atoms with E-state index in [0.717, 1.165) is 0 Å². The molecule has 98 valence electrons. The molecule has 2 aromatic rings. The highest BCUT2D eigenvalue weighted by Crippen LogP contribution is 2.21. The van der Waals surface area contributed by atoms with Crippen LogP contribution in [0.15, 0.2) is 36.9 Å². The number of aromatic hydroxyl groups is 1. The van der Waals surface area contributed by atoms with Crippen molar-refractivity contribution >= 4 is 17.6 Å². The number of imidazole rings is 1. The zero-order valence-corrected chi connectivity index (χ0v) is 9.78. The maximum absolute atomic E-state index is 11.7. The zero-order chi connectivity index (χ0) is 13.8. The van der Waals surface area contributed by atoms with Crippen LogP contribution in [0.4, 0.5) is 5.69 Å². The smallest absolute Gasteiger partial charge is 0.339 e. The van der Waals surface area contributed by atoms with E-state index in [9.17, 15) is 14.7 Å². The van der Waals surface area contributed by atoms with Crippen LogP contribution in [0.1, 0.15) is 10.4 Å². The number of aromatic carboxylic acids is 1. The van der Waals surface area contributed by atoms with Gasteiger partial charge in [-0.1, -0.05) is 0 Å². The lowest BCUT2D eigenvalue weighted by Crippen LogP contribution is -2.17. The molecule has 0 bridgehead atoms. The molecule has 0 saturated heterocycles. The van der Waals surface area contributed by atoms with Gasteiger partial charge in [0.1, 0.15) is 17.9 Å². The lowest BCUT2D eigenvalue weighted by atomic mass is 10.2. The van der Waals surface area contributed by atoms with Crippen molar-refractivity contribution in [2.75, 3.05) is 5.32 Å². The molecule has 7 nitrogen and oxygen atoms in total. The van der Waals surface area contributed by atoms with Crippen molar-refractivity contribution in [1.29, 1.82) is 0 Å². The van der Waals surface area contributed by atoms with E-state index in [1.165, 1.54) is 24.5 Å². The van der Waals surface area contributed by atoms with Gasteiger partial charge in [0.15, 0.2) is 0 Å². The normalized spacial score (nSPS) is 10.1. The Labute approximate surface area is 108 Å². The van der Waals surface area contributed by atoms with Gasteiger partial charge in [-0.05, 0) is 12.1 Å². The van der Waals surface area contributed by atoms with Gasteiger partial charge >= 0.3 is 5.97 Å². The quantitative estimate of drug-likeness (QED) is 0.759. The Hall–Kier alpha value is -2.83. The Morgan fingerprint density at radius 3 is 2.74 bits per heavy atom. The molecule has 1 aromatic carbocycles. The molecule has 1 aromatic heterocycles. The molecule has 0 unspecified atom stereocenters. The van der Waals surface area contributed by atoms with Crippen LogP contribution in [-0.2, 0) is 11.3 Å². The third-order valence-corrected chi connectivity index (χ3v) is 2.40. The molecule has 0 aliphatic carbocycles. The lowest BCUT2D eigenvalue weighted by molar-refractivity contribution is -0.116. The van der Waals surface area contributed by atoms with Crippen molar-refractivity contribution in [1.82, 2.24) is 9.55 Å². The first-order valence-electron chi connectivity index (χ1n) is 5.38. The molecular weight excluding hydrogens is 250 g/mol. The van der Waals surface area contributed by atoms with Crippen LogP contribution in [-0.4, -0.2) is 31.6 Å². The molecule has 1 heterocycles. The number of carboxylic acids is 1. The summed E-state index contributed by atoms with van der Waals surface area (Å²) in [5.41, 5.74) is 0.111. The fraction of sp³-hybridized carbons (Fsp3) is 0.0833. The van der Waals surface area contributed by atoms with Crippen molar-refractivity contribution in [3.8, 4) is 5.75 Å². The van der Waals surface area contributed by atoms with E-state index in [1.807, 2.05) is 0 Å². The summed E-state index contributed by atoms with van der Waals surface area (Å²) in [6.07, 6.45) is 4.70. The molecule has 2 rings (SSSR count). The average molecular weight is 261 g/mol. The van der Waals surface area contributed by atoms with Gasteiger partial charge in [-0.15, -0.1) is 0 Å². The first-order valence-corrected chi connectivity index (χ1v) is 5.38. The van der Waals surface area contributed by atoms with Gasteiger partial charge in [-0.2, -0.15) is 0 Å². The fourth-order valence-electron chi connectivity index (χ4n) is 1.54. The third-order valence-electron chi connectivity index (χ3n) is 2.40. The number of rotatable bonds is 4. The van der Waals surface area contributed by atoms with Gasteiger partial charge in [0.05, 0.1) is 6.33 Å². The minimum Gasteiger partial charge on any atom is -0.507 e. The third kappa shape index (κ3) is 3.09. The molecule has 0 fully saturated rings. The summed E-state index contributed by atoms with van der Waals surface area (Å²) in [6.45, 7) is 0.0848. The topological polar surface area (TPSA) is 104 Å². The van der Waals surface area contributed by atoms with Crippen LogP contribution in [0.25, 0.3) is 0 Å². The van der Waals surface area contributed by atoms with E-state index in [-0.39, 0.29) is 18.0 Å². The van der Waals surface area contributed by atoms with Crippen LogP contribution in [0.3, 0.4) is 0 Å². The maximum Gasteiger partial charge on any atom is 0.339 e. The number of nitrogens with zero attached hydrogens (tertiary/aromatic N) is 2. The van der Waals surface area contributed by atoms with E-state index in [2.05, 4.69) is 10.3 Å². The van der Waals surface area contributed by atoms with Crippen molar-refractivity contribution in [3.05, 3.63) is 42.5 Å². The first-order chi connectivity index (χ1) is 9.06.